The third kappa shape index (κ3) is 1.84. The van der Waals surface area contributed by atoms with Crippen molar-refractivity contribution < 1.29 is 8.60 Å². The lowest BCUT2D eigenvalue weighted by molar-refractivity contribution is 0.619. The van der Waals surface area contributed by atoms with Crippen LogP contribution < -0.4 is 0 Å². The molecular formula is C10H7BrFNOS. The van der Waals surface area contributed by atoms with E-state index in [9.17, 15) is 8.60 Å². The summed E-state index contributed by atoms with van der Waals surface area (Å²) in [6, 6.07) is 6.27. The fourth-order valence-electron chi connectivity index (χ4n) is 1.27. The van der Waals surface area contributed by atoms with Gasteiger partial charge in [0, 0.05) is 4.90 Å². The van der Waals surface area contributed by atoms with E-state index in [2.05, 4.69) is 22.0 Å². The molecule has 0 heterocycles. The summed E-state index contributed by atoms with van der Waals surface area (Å²) in [5, 5.41) is 8.88. The van der Waals surface area contributed by atoms with Gasteiger partial charge >= 0.3 is 0 Å². The summed E-state index contributed by atoms with van der Waals surface area (Å²) in [7, 11) is -1.36. The van der Waals surface area contributed by atoms with E-state index in [0.29, 0.717) is 17.7 Å². The quantitative estimate of drug-likeness (QED) is 0.839. The van der Waals surface area contributed by atoms with Crippen molar-refractivity contribution in [1.82, 2.24) is 0 Å². The molecular weight excluding hydrogens is 281 g/mol. The first-order valence-corrected chi connectivity index (χ1v) is 6.31. The van der Waals surface area contributed by atoms with E-state index in [4.69, 9.17) is 5.26 Å². The lowest BCUT2D eigenvalue weighted by Crippen LogP contribution is -2.13. The van der Waals surface area contributed by atoms with Crippen LogP contribution in [0.2, 0.25) is 0 Å². The number of benzene rings is 1. The molecule has 0 radical (unpaired) electrons. The maximum absolute atomic E-state index is 12.9. The monoisotopic (exact) mass is 287 g/mol. The summed E-state index contributed by atoms with van der Waals surface area (Å²) >= 11 is 3.03. The molecule has 1 aromatic rings. The fourth-order valence-corrected chi connectivity index (χ4v) is 3.22. The van der Waals surface area contributed by atoms with Crippen LogP contribution in [0.25, 0.3) is 0 Å². The topological polar surface area (TPSA) is 40.9 Å². The summed E-state index contributed by atoms with van der Waals surface area (Å²) in [6.07, 6.45) is 1.32. The highest BCUT2D eigenvalue weighted by Crippen LogP contribution is 2.43. The van der Waals surface area contributed by atoms with Gasteiger partial charge in [0.2, 0.25) is 0 Å². The maximum atomic E-state index is 12.9. The lowest BCUT2D eigenvalue weighted by Gasteiger charge is -2.06. The number of hydrogen-bond donors (Lipinski definition) is 0. The van der Waals surface area contributed by atoms with Gasteiger partial charge in [-0.25, -0.2) is 4.39 Å². The molecule has 1 atom stereocenters. The third-order valence-electron chi connectivity index (χ3n) is 2.37. The second-order valence-electron chi connectivity index (χ2n) is 3.45. The Morgan fingerprint density at radius 1 is 1.53 bits per heavy atom. The number of nitriles is 1. The van der Waals surface area contributed by atoms with E-state index in [1.165, 1.54) is 18.2 Å². The van der Waals surface area contributed by atoms with E-state index in [-0.39, 0.29) is 4.47 Å². The van der Waals surface area contributed by atoms with Crippen LogP contribution in [0.1, 0.15) is 12.8 Å². The SMILES string of the molecule is N#CC1(S(=O)c2ccc(F)c(Br)c2)CC1. The Morgan fingerprint density at radius 3 is 2.67 bits per heavy atom. The second kappa shape index (κ2) is 3.69. The Labute approximate surface area is 97.7 Å². The average Bonchev–Trinajstić information content (AvgIpc) is 3.02. The summed E-state index contributed by atoms with van der Waals surface area (Å²) in [5.41, 5.74) is 0. The number of rotatable bonds is 2. The summed E-state index contributed by atoms with van der Waals surface area (Å²) < 4.78 is 24.5. The average molecular weight is 288 g/mol. The Bertz CT molecular complexity index is 479. The van der Waals surface area contributed by atoms with Crippen molar-refractivity contribution in [2.24, 2.45) is 0 Å². The highest BCUT2D eigenvalue weighted by molar-refractivity contribution is 9.10. The molecule has 5 heteroatoms. The molecule has 2 nitrogen and oxygen atoms in total. The van der Waals surface area contributed by atoms with E-state index < -0.39 is 21.4 Å². The molecule has 0 aliphatic heterocycles. The molecule has 15 heavy (non-hydrogen) atoms. The highest BCUT2D eigenvalue weighted by Gasteiger charge is 2.50. The number of nitrogens with zero attached hydrogens (tertiary/aromatic N) is 1. The largest absolute Gasteiger partial charge is 0.253 e. The predicted octanol–water partition coefficient (Wildman–Crippen LogP) is 2.75. The van der Waals surface area contributed by atoms with Gasteiger partial charge in [0.1, 0.15) is 10.6 Å². The smallest absolute Gasteiger partial charge is 0.137 e. The van der Waals surface area contributed by atoms with Gasteiger partial charge in [-0.3, -0.25) is 4.21 Å². The van der Waals surface area contributed by atoms with Gasteiger partial charge in [-0.15, -0.1) is 0 Å². The first-order chi connectivity index (χ1) is 7.09. The van der Waals surface area contributed by atoms with Crippen LogP contribution in [0.3, 0.4) is 0 Å². The Kier molecular flexibility index (Phi) is 2.65. The minimum absolute atomic E-state index is 0.280. The molecule has 0 saturated heterocycles. The van der Waals surface area contributed by atoms with Crippen LogP contribution in [0, 0.1) is 17.1 Å². The summed E-state index contributed by atoms with van der Waals surface area (Å²) in [4.78, 5) is 0.502. The summed E-state index contributed by atoms with van der Waals surface area (Å²) in [5.74, 6) is -0.391. The lowest BCUT2D eigenvalue weighted by atomic mass is 10.3. The maximum Gasteiger partial charge on any atom is 0.137 e. The van der Waals surface area contributed by atoms with E-state index in [1.54, 1.807) is 0 Å². The molecule has 1 fully saturated rings. The molecule has 0 N–H and O–H groups in total. The van der Waals surface area contributed by atoms with Crippen molar-refractivity contribution in [3.05, 3.63) is 28.5 Å². The molecule has 1 aliphatic carbocycles. The highest BCUT2D eigenvalue weighted by atomic mass is 79.9. The normalized spacial score (nSPS) is 19.3. The Morgan fingerprint density at radius 2 is 2.20 bits per heavy atom. The molecule has 2 rings (SSSR count). The molecule has 0 aromatic heterocycles. The van der Waals surface area contributed by atoms with E-state index >= 15 is 0 Å². The minimum atomic E-state index is -1.36. The van der Waals surface area contributed by atoms with Gasteiger partial charge in [-0.05, 0) is 47.0 Å². The molecule has 1 aliphatic rings. The third-order valence-corrected chi connectivity index (χ3v) is 4.87. The molecule has 78 valence electrons. The zero-order valence-corrected chi connectivity index (χ0v) is 10.1. The van der Waals surface area contributed by atoms with Gasteiger partial charge in [0.15, 0.2) is 0 Å². The van der Waals surface area contributed by atoms with Crippen molar-refractivity contribution in [3.8, 4) is 6.07 Å². The second-order valence-corrected chi connectivity index (χ2v) is 6.10. The minimum Gasteiger partial charge on any atom is -0.253 e. The Balaban J connectivity index is 2.36. The van der Waals surface area contributed by atoms with E-state index in [0.717, 1.165) is 0 Å². The molecule has 0 bridgehead atoms. The van der Waals surface area contributed by atoms with Gasteiger partial charge in [-0.2, -0.15) is 5.26 Å². The van der Waals surface area contributed by atoms with Crippen LogP contribution >= 0.6 is 15.9 Å². The van der Waals surface area contributed by atoms with Crippen LogP contribution in [0.4, 0.5) is 4.39 Å². The van der Waals surface area contributed by atoms with Crippen molar-refractivity contribution in [3.63, 3.8) is 0 Å². The van der Waals surface area contributed by atoms with Crippen molar-refractivity contribution in [2.75, 3.05) is 0 Å². The fraction of sp³-hybridized carbons (Fsp3) is 0.300. The molecule has 0 spiro atoms. The van der Waals surface area contributed by atoms with Gasteiger partial charge in [-0.1, -0.05) is 0 Å². The van der Waals surface area contributed by atoms with Gasteiger partial charge in [0.05, 0.1) is 21.3 Å². The number of hydrogen-bond acceptors (Lipinski definition) is 2. The van der Waals surface area contributed by atoms with Crippen LogP contribution in [0.5, 0.6) is 0 Å². The molecule has 0 amide bonds. The van der Waals surface area contributed by atoms with Crippen LogP contribution in [-0.4, -0.2) is 8.96 Å². The molecule has 1 unspecified atom stereocenters. The van der Waals surface area contributed by atoms with Crippen LogP contribution in [0.15, 0.2) is 27.6 Å². The van der Waals surface area contributed by atoms with Crippen molar-refractivity contribution >= 4 is 26.7 Å². The standard InChI is InChI=1S/C10H7BrFNOS/c11-8-5-7(1-2-9(8)12)15(14)10(6-13)3-4-10/h1-2,5H,3-4H2. The molecule has 1 aromatic carbocycles. The zero-order valence-electron chi connectivity index (χ0n) is 7.67. The van der Waals surface area contributed by atoms with E-state index in [1.807, 2.05) is 0 Å². The predicted molar refractivity (Wildman–Crippen MR) is 58.1 cm³/mol. The summed E-state index contributed by atoms with van der Waals surface area (Å²) in [6.45, 7) is 0. The van der Waals surface area contributed by atoms with Gasteiger partial charge < -0.3 is 0 Å². The zero-order chi connectivity index (χ0) is 11.1. The van der Waals surface area contributed by atoms with Crippen LogP contribution in [-0.2, 0) is 10.8 Å². The first-order valence-electron chi connectivity index (χ1n) is 4.37. The van der Waals surface area contributed by atoms with Gasteiger partial charge in [0.25, 0.3) is 0 Å². The number of halogens is 2. The Hall–Kier alpha value is -0.730. The first kappa shape index (κ1) is 10.8. The van der Waals surface area contributed by atoms with Crippen molar-refractivity contribution in [1.29, 1.82) is 5.26 Å². The molecule has 1 saturated carbocycles. The van der Waals surface area contributed by atoms with Crippen molar-refractivity contribution in [2.45, 2.75) is 22.5 Å².